The molecule has 17 heavy (non-hydrogen) atoms. The number of anilines is 1. The summed E-state index contributed by atoms with van der Waals surface area (Å²) in [7, 11) is 0. The Morgan fingerprint density at radius 1 is 1.53 bits per heavy atom. The number of carboxylic acid groups (broad SMARTS) is 1. The Labute approximate surface area is 93.0 Å². The summed E-state index contributed by atoms with van der Waals surface area (Å²) in [5.41, 5.74) is 0. The maximum atomic E-state index is 12.0. The number of carbonyl (C=O) groups is 2. The molecule has 9 heteroatoms. The molecule has 0 radical (unpaired) electrons. The van der Waals surface area contributed by atoms with Crippen molar-refractivity contribution in [1.29, 1.82) is 0 Å². The fourth-order valence-electron chi connectivity index (χ4n) is 1.01. The van der Waals surface area contributed by atoms with Crippen LogP contribution in [0.2, 0.25) is 0 Å². The van der Waals surface area contributed by atoms with E-state index in [9.17, 15) is 22.8 Å². The average Bonchev–Trinajstić information content (AvgIpc) is 2.63. The Morgan fingerprint density at radius 2 is 2.12 bits per heavy atom. The highest BCUT2D eigenvalue weighted by molar-refractivity contribution is 5.94. The van der Waals surface area contributed by atoms with Crippen LogP contribution in [0.3, 0.4) is 0 Å². The van der Waals surface area contributed by atoms with E-state index < -0.39 is 24.1 Å². The molecule has 0 aliphatic rings. The van der Waals surface area contributed by atoms with Gasteiger partial charge in [-0.2, -0.15) is 18.3 Å². The molecule has 6 nitrogen and oxygen atoms in total. The summed E-state index contributed by atoms with van der Waals surface area (Å²) in [4.78, 5) is 21.3. The van der Waals surface area contributed by atoms with Crippen molar-refractivity contribution in [1.82, 2.24) is 9.78 Å². The van der Waals surface area contributed by atoms with Crippen LogP contribution in [-0.4, -0.2) is 32.9 Å². The first-order valence-electron chi connectivity index (χ1n) is 4.38. The van der Waals surface area contributed by atoms with Crippen LogP contribution in [0.4, 0.5) is 19.0 Å². The molecule has 0 bridgehead atoms. The van der Waals surface area contributed by atoms with Gasteiger partial charge < -0.3 is 10.4 Å². The first-order chi connectivity index (χ1) is 7.73. The van der Waals surface area contributed by atoms with E-state index in [0.29, 0.717) is 0 Å². The monoisotopic (exact) mass is 251 g/mol. The van der Waals surface area contributed by atoms with Crippen molar-refractivity contribution in [2.45, 2.75) is 19.1 Å². The molecular weight excluding hydrogens is 243 g/mol. The summed E-state index contributed by atoms with van der Waals surface area (Å²) in [5.74, 6) is -3.80. The van der Waals surface area contributed by atoms with E-state index in [0.717, 1.165) is 16.9 Å². The SMILES string of the molecule is CC(C(=O)O)n1nccc1NC(=O)C(F)(F)F. The summed E-state index contributed by atoms with van der Waals surface area (Å²) < 4.78 is 36.7. The van der Waals surface area contributed by atoms with Crippen molar-refractivity contribution < 1.29 is 27.9 Å². The third-order valence-corrected chi connectivity index (χ3v) is 1.89. The Bertz CT molecular complexity index is 441. The normalized spacial score (nSPS) is 13.2. The Morgan fingerprint density at radius 3 is 2.59 bits per heavy atom. The van der Waals surface area contributed by atoms with Crippen LogP contribution in [0.5, 0.6) is 0 Å². The lowest BCUT2D eigenvalue weighted by Gasteiger charge is -2.13. The Kier molecular flexibility index (Phi) is 3.39. The molecule has 1 aromatic rings. The van der Waals surface area contributed by atoms with E-state index in [1.54, 1.807) is 0 Å². The number of amides is 1. The van der Waals surface area contributed by atoms with Gasteiger partial charge in [0.05, 0.1) is 6.20 Å². The molecule has 1 rings (SSSR count). The van der Waals surface area contributed by atoms with Crippen molar-refractivity contribution in [2.75, 3.05) is 5.32 Å². The van der Waals surface area contributed by atoms with E-state index in [4.69, 9.17) is 5.11 Å². The molecular formula is C8H8F3N3O3. The second-order valence-electron chi connectivity index (χ2n) is 3.13. The first kappa shape index (κ1) is 13.0. The molecule has 2 N–H and O–H groups in total. The average molecular weight is 251 g/mol. The topological polar surface area (TPSA) is 84.2 Å². The summed E-state index contributed by atoms with van der Waals surface area (Å²) in [6, 6.07) is -0.114. The molecule has 0 fully saturated rings. The van der Waals surface area contributed by atoms with Gasteiger partial charge in [-0.3, -0.25) is 4.79 Å². The van der Waals surface area contributed by atoms with E-state index in [-0.39, 0.29) is 5.82 Å². The number of rotatable bonds is 3. The molecule has 94 valence electrons. The van der Waals surface area contributed by atoms with Gasteiger partial charge >= 0.3 is 18.1 Å². The van der Waals surface area contributed by atoms with Gasteiger partial charge in [0.15, 0.2) is 0 Å². The molecule has 1 amide bonds. The van der Waals surface area contributed by atoms with Crippen molar-refractivity contribution in [2.24, 2.45) is 0 Å². The summed E-state index contributed by atoms with van der Waals surface area (Å²) in [6.45, 7) is 1.22. The number of carboxylic acids is 1. The fourth-order valence-corrected chi connectivity index (χ4v) is 1.01. The van der Waals surface area contributed by atoms with Gasteiger partial charge in [-0.25, -0.2) is 9.48 Å². The van der Waals surface area contributed by atoms with Gasteiger partial charge in [0.2, 0.25) is 0 Å². The zero-order valence-corrected chi connectivity index (χ0v) is 8.52. The van der Waals surface area contributed by atoms with Crippen LogP contribution in [0.25, 0.3) is 0 Å². The summed E-state index contributed by atoms with van der Waals surface area (Å²) >= 11 is 0. The quantitative estimate of drug-likeness (QED) is 0.840. The largest absolute Gasteiger partial charge is 0.480 e. The number of nitrogens with one attached hydrogen (secondary N) is 1. The van der Waals surface area contributed by atoms with Crippen molar-refractivity contribution in [3.8, 4) is 0 Å². The van der Waals surface area contributed by atoms with E-state index in [1.165, 1.54) is 12.2 Å². The molecule has 0 aliphatic carbocycles. The van der Waals surface area contributed by atoms with Gasteiger partial charge in [0.1, 0.15) is 11.9 Å². The van der Waals surface area contributed by atoms with Crippen LogP contribution in [0.15, 0.2) is 12.3 Å². The molecule has 0 aromatic carbocycles. The maximum absolute atomic E-state index is 12.0. The van der Waals surface area contributed by atoms with Gasteiger partial charge in [-0.05, 0) is 6.92 Å². The number of halogens is 3. The smallest absolute Gasteiger partial charge is 0.471 e. The number of alkyl halides is 3. The predicted molar refractivity (Wildman–Crippen MR) is 49.3 cm³/mol. The highest BCUT2D eigenvalue weighted by Crippen LogP contribution is 2.19. The Hall–Kier alpha value is -2.06. The van der Waals surface area contributed by atoms with Crippen LogP contribution in [0.1, 0.15) is 13.0 Å². The highest BCUT2D eigenvalue weighted by Gasteiger charge is 2.39. The van der Waals surface area contributed by atoms with Gasteiger partial charge in [-0.1, -0.05) is 0 Å². The molecule has 1 atom stereocenters. The predicted octanol–water partition coefficient (Wildman–Crippen LogP) is 1.03. The number of hydrogen-bond acceptors (Lipinski definition) is 3. The molecule has 0 saturated heterocycles. The lowest BCUT2D eigenvalue weighted by molar-refractivity contribution is -0.167. The Balaban J connectivity index is 2.91. The van der Waals surface area contributed by atoms with E-state index >= 15 is 0 Å². The highest BCUT2D eigenvalue weighted by atomic mass is 19.4. The molecule has 1 unspecified atom stereocenters. The third-order valence-electron chi connectivity index (χ3n) is 1.89. The zero-order valence-electron chi connectivity index (χ0n) is 8.52. The minimum absolute atomic E-state index is 0.331. The molecule has 0 saturated carbocycles. The van der Waals surface area contributed by atoms with Crippen LogP contribution in [-0.2, 0) is 9.59 Å². The number of carbonyl (C=O) groups excluding carboxylic acids is 1. The molecule has 1 heterocycles. The number of hydrogen-bond donors (Lipinski definition) is 2. The van der Waals surface area contributed by atoms with Gasteiger partial charge in [0.25, 0.3) is 0 Å². The van der Waals surface area contributed by atoms with Crippen LogP contribution >= 0.6 is 0 Å². The lowest BCUT2D eigenvalue weighted by atomic mass is 10.3. The van der Waals surface area contributed by atoms with Gasteiger partial charge in [0, 0.05) is 6.07 Å². The molecule has 0 spiro atoms. The fraction of sp³-hybridized carbons (Fsp3) is 0.375. The first-order valence-corrected chi connectivity index (χ1v) is 4.38. The number of nitrogens with zero attached hydrogens (tertiary/aromatic N) is 2. The van der Waals surface area contributed by atoms with Crippen molar-refractivity contribution in [3.63, 3.8) is 0 Å². The summed E-state index contributed by atoms with van der Waals surface area (Å²) in [6.07, 6.45) is -3.95. The molecule has 1 aromatic heterocycles. The van der Waals surface area contributed by atoms with E-state index in [2.05, 4.69) is 5.10 Å². The van der Waals surface area contributed by atoms with E-state index in [1.807, 2.05) is 0 Å². The number of aliphatic carboxylic acids is 1. The standard InChI is InChI=1S/C8H8F3N3O3/c1-4(6(15)16)14-5(2-3-12-14)13-7(17)8(9,10)11/h2-4H,1H3,(H,13,17)(H,15,16). The zero-order chi connectivity index (χ0) is 13.2. The minimum Gasteiger partial charge on any atom is -0.480 e. The van der Waals surface area contributed by atoms with Crippen LogP contribution < -0.4 is 5.32 Å². The van der Waals surface area contributed by atoms with Gasteiger partial charge in [-0.15, -0.1) is 0 Å². The minimum atomic E-state index is -5.04. The van der Waals surface area contributed by atoms with Crippen molar-refractivity contribution >= 4 is 17.7 Å². The third kappa shape index (κ3) is 2.95. The van der Waals surface area contributed by atoms with Crippen LogP contribution in [0, 0.1) is 0 Å². The maximum Gasteiger partial charge on any atom is 0.471 e. The van der Waals surface area contributed by atoms with Crippen molar-refractivity contribution in [3.05, 3.63) is 12.3 Å². The second kappa shape index (κ2) is 4.44. The number of aromatic nitrogens is 2. The lowest BCUT2D eigenvalue weighted by Crippen LogP contribution is -2.31. The second-order valence-corrected chi connectivity index (χ2v) is 3.13. The summed E-state index contributed by atoms with van der Waals surface area (Å²) in [5, 5.41) is 13.7. The molecule has 0 aliphatic heterocycles.